The molecule has 3 aromatic heterocycles. The van der Waals surface area contributed by atoms with Crippen LogP contribution in [0.4, 0.5) is 0 Å². The van der Waals surface area contributed by atoms with Crippen molar-refractivity contribution in [3.8, 4) is 45.3 Å². The van der Waals surface area contributed by atoms with Crippen molar-refractivity contribution >= 4 is 0 Å². The van der Waals surface area contributed by atoms with Gasteiger partial charge in [0.15, 0.2) is 11.6 Å². The lowest BCUT2D eigenvalue weighted by Crippen LogP contribution is -1.98. The summed E-state index contributed by atoms with van der Waals surface area (Å²) in [4.78, 5) is 4.47. The topological polar surface area (TPSA) is 69.6 Å². The first kappa shape index (κ1) is 16.9. The number of pyridine rings is 1. The fraction of sp³-hybridized carbons (Fsp3) is 0.0833. The van der Waals surface area contributed by atoms with Gasteiger partial charge >= 0.3 is 0 Å². The van der Waals surface area contributed by atoms with Gasteiger partial charge in [0.05, 0.1) is 17.8 Å². The summed E-state index contributed by atoms with van der Waals surface area (Å²) in [7, 11) is 0. The van der Waals surface area contributed by atoms with Crippen LogP contribution in [0.15, 0.2) is 77.4 Å². The van der Waals surface area contributed by atoms with E-state index in [9.17, 15) is 0 Å². The molecule has 0 atom stereocenters. The van der Waals surface area contributed by atoms with E-state index in [1.165, 1.54) is 5.56 Å². The molecule has 0 fully saturated rings. The van der Waals surface area contributed by atoms with Gasteiger partial charge in [0.1, 0.15) is 11.5 Å². The van der Waals surface area contributed by atoms with Crippen LogP contribution in [-0.4, -0.2) is 24.9 Å². The van der Waals surface area contributed by atoms with Crippen molar-refractivity contribution in [2.75, 3.05) is 0 Å². The predicted molar refractivity (Wildman–Crippen MR) is 113 cm³/mol. The van der Waals surface area contributed by atoms with Crippen LogP contribution in [0.25, 0.3) is 45.3 Å². The minimum atomic E-state index is 0.717. The summed E-state index contributed by atoms with van der Waals surface area (Å²) in [5.41, 5.74) is 6.99. The Bertz CT molecular complexity index is 1370. The van der Waals surface area contributed by atoms with Gasteiger partial charge in [-0.05, 0) is 30.7 Å². The smallest absolute Gasteiger partial charge is 0.170 e. The van der Waals surface area contributed by atoms with Gasteiger partial charge < -0.3 is 9.09 Å². The summed E-state index contributed by atoms with van der Waals surface area (Å²) in [6.45, 7) is 2.63. The molecule has 0 bridgehead atoms. The van der Waals surface area contributed by atoms with E-state index in [0.717, 1.165) is 51.1 Å². The quantitative estimate of drug-likeness (QED) is 0.425. The third kappa shape index (κ3) is 2.50. The molecule has 30 heavy (non-hydrogen) atoms. The van der Waals surface area contributed by atoms with E-state index in [1.54, 1.807) is 0 Å². The maximum Gasteiger partial charge on any atom is 0.170 e. The minimum absolute atomic E-state index is 0.717. The Labute approximate surface area is 172 Å². The largest absolute Gasteiger partial charge is 0.360 e. The molecule has 2 aromatic carbocycles. The lowest BCUT2D eigenvalue weighted by atomic mass is 10.0. The number of nitrogens with zero attached hydrogens (tertiary/aromatic N) is 5. The van der Waals surface area contributed by atoms with E-state index in [-0.39, 0.29) is 0 Å². The third-order valence-electron chi connectivity index (χ3n) is 5.52. The van der Waals surface area contributed by atoms with Crippen LogP contribution in [0.5, 0.6) is 0 Å². The fourth-order valence-electron chi connectivity index (χ4n) is 4.05. The molecule has 0 saturated carbocycles. The molecule has 0 saturated heterocycles. The van der Waals surface area contributed by atoms with Gasteiger partial charge in [-0.25, -0.2) is 0 Å². The van der Waals surface area contributed by atoms with Crippen LogP contribution >= 0.6 is 0 Å². The molecule has 0 amide bonds. The van der Waals surface area contributed by atoms with E-state index in [0.29, 0.717) is 6.54 Å². The summed E-state index contributed by atoms with van der Waals surface area (Å²) in [6.07, 6.45) is 1.81. The molecule has 1 aliphatic rings. The highest BCUT2D eigenvalue weighted by Crippen LogP contribution is 2.39. The van der Waals surface area contributed by atoms with Crippen molar-refractivity contribution in [2.45, 2.75) is 13.5 Å². The molecule has 4 heterocycles. The highest BCUT2D eigenvalue weighted by atomic mass is 16.5. The third-order valence-corrected chi connectivity index (χ3v) is 5.52. The number of hydrogen-bond acceptors (Lipinski definition) is 5. The number of benzene rings is 2. The molecule has 0 spiro atoms. The van der Waals surface area contributed by atoms with E-state index < -0.39 is 0 Å². The van der Waals surface area contributed by atoms with E-state index in [4.69, 9.17) is 4.52 Å². The summed E-state index contributed by atoms with van der Waals surface area (Å²) < 4.78 is 7.69. The van der Waals surface area contributed by atoms with Crippen LogP contribution < -0.4 is 0 Å². The summed E-state index contributed by atoms with van der Waals surface area (Å²) in [6, 6.07) is 22.4. The zero-order chi connectivity index (χ0) is 20.1. The normalized spacial score (nSPS) is 12.0. The Balaban J connectivity index is 1.48. The SMILES string of the molecule is Cc1onc(-c2ccccc2)c1-c1nnc2n1Cc1ccc(-c3ccccn3)cc1-2. The Morgan fingerprint density at radius 2 is 1.70 bits per heavy atom. The molecular weight excluding hydrogens is 374 g/mol. The van der Waals surface area contributed by atoms with Crippen molar-refractivity contribution in [2.24, 2.45) is 0 Å². The van der Waals surface area contributed by atoms with E-state index in [1.807, 2.05) is 61.7 Å². The van der Waals surface area contributed by atoms with Gasteiger partial charge in [0, 0.05) is 22.9 Å². The number of aryl methyl sites for hydroxylation is 1. The molecule has 6 nitrogen and oxygen atoms in total. The second kappa shape index (κ2) is 6.49. The van der Waals surface area contributed by atoms with Gasteiger partial charge in [0.25, 0.3) is 0 Å². The lowest BCUT2D eigenvalue weighted by molar-refractivity contribution is 0.400. The van der Waals surface area contributed by atoms with Crippen LogP contribution in [0, 0.1) is 6.92 Å². The molecule has 6 heteroatoms. The maximum atomic E-state index is 5.55. The van der Waals surface area contributed by atoms with Crippen molar-refractivity contribution in [3.63, 3.8) is 0 Å². The Kier molecular flexibility index (Phi) is 3.64. The standard InChI is InChI=1S/C24H17N5O/c1-15-21(22(28-30-15)16-7-3-2-4-8-16)24-27-26-23-19-13-17(20-9-5-6-12-25-20)10-11-18(19)14-29(23)24/h2-13H,14H2,1H3. The second-order valence-electron chi connectivity index (χ2n) is 7.35. The number of hydrogen-bond donors (Lipinski definition) is 0. The van der Waals surface area contributed by atoms with Crippen molar-refractivity contribution in [1.29, 1.82) is 0 Å². The van der Waals surface area contributed by atoms with Crippen LogP contribution in [0.1, 0.15) is 11.3 Å². The zero-order valence-electron chi connectivity index (χ0n) is 16.3. The van der Waals surface area contributed by atoms with Crippen LogP contribution in [-0.2, 0) is 6.54 Å². The molecule has 0 aliphatic carbocycles. The number of rotatable bonds is 3. The number of fused-ring (bicyclic) bond motifs is 3. The molecule has 1 aliphatic heterocycles. The molecule has 5 aromatic rings. The van der Waals surface area contributed by atoms with Crippen molar-refractivity contribution < 1.29 is 4.52 Å². The van der Waals surface area contributed by atoms with Gasteiger partial charge in [-0.3, -0.25) is 4.98 Å². The average Bonchev–Trinajstić information content (AvgIpc) is 3.48. The number of aromatic nitrogens is 5. The van der Waals surface area contributed by atoms with Crippen LogP contribution in [0.2, 0.25) is 0 Å². The predicted octanol–water partition coefficient (Wildman–Crippen LogP) is 5.00. The van der Waals surface area contributed by atoms with Gasteiger partial charge in [0.2, 0.25) is 0 Å². The average molecular weight is 391 g/mol. The van der Waals surface area contributed by atoms with Gasteiger partial charge in [-0.1, -0.05) is 53.7 Å². The summed E-state index contributed by atoms with van der Waals surface area (Å²) in [5.74, 6) is 2.37. The molecule has 0 unspecified atom stereocenters. The monoisotopic (exact) mass is 391 g/mol. The van der Waals surface area contributed by atoms with Crippen molar-refractivity contribution in [1.82, 2.24) is 24.9 Å². The van der Waals surface area contributed by atoms with E-state index >= 15 is 0 Å². The zero-order valence-corrected chi connectivity index (χ0v) is 16.3. The Hall–Kier alpha value is -4.06. The first-order valence-electron chi connectivity index (χ1n) is 9.79. The highest BCUT2D eigenvalue weighted by molar-refractivity contribution is 5.81. The van der Waals surface area contributed by atoms with Crippen molar-refractivity contribution in [3.05, 3.63) is 84.3 Å². The van der Waals surface area contributed by atoms with Gasteiger partial charge in [-0.2, -0.15) is 0 Å². The Morgan fingerprint density at radius 3 is 2.53 bits per heavy atom. The first-order chi connectivity index (χ1) is 14.8. The minimum Gasteiger partial charge on any atom is -0.360 e. The maximum absolute atomic E-state index is 5.55. The summed E-state index contributed by atoms with van der Waals surface area (Å²) >= 11 is 0. The molecule has 0 N–H and O–H groups in total. The van der Waals surface area contributed by atoms with E-state index in [2.05, 4.69) is 43.1 Å². The lowest BCUT2D eigenvalue weighted by Gasteiger charge is -2.04. The van der Waals surface area contributed by atoms with Gasteiger partial charge in [-0.15, -0.1) is 10.2 Å². The molecule has 144 valence electrons. The molecule has 0 radical (unpaired) electrons. The highest BCUT2D eigenvalue weighted by Gasteiger charge is 2.29. The molecule has 6 rings (SSSR count). The van der Waals surface area contributed by atoms with Crippen LogP contribution in [0.3, 0.4) is 0 Å². The fourth-order valence-corrected chi connectivity index (χ4v) is 4.05. The first-order valence-corrected chi connectivity index (χ1v) is 9.79. The summed E-state index contributed by atoms with van der Waals surface area (Å²) in [5, 5.41) is 13.4. The Morgan fingerprint density at radius 1 is 0.867 bits per heavy atom. The second-order valence-corrected chi connectivity index (χ2v) is 7.35. The molecular formula is C24H17N5O.